The van der Waals surface area contributed by atoms with Gasteiger partial charge in [-0.25, -0.2) is 0 Å². The van der Waals surface area contributed by atoms with Crippen LogP contribution in [0.5, 0.6) is 0 Å². The van der Waals surface area contributed by atoms with Gasteiger partial charge in [0.1, 0.15) is 6.10 Å². The van der Waals surface area contributed by atoms with Gasteiger partial charge in [-0.05, 0) is 19.0 Å². The molecule has 7 heteroatoms. The Labute approximate surface area is 121 Å². The summed E-state index contributed by atoms with van der Waals surface area (Å²) in [5, 5.41) is 3.12. The van der Waals surface area contributed by atoms with E-state index in [1.165, 1.54) is 6.20 Å². The van der Waals surface area contributed by atoms with Gasteiger partial charge in [0.2, 0.25) is 0 Å². The number of halogens is 3. The third kappa shape index (κ3) is 4.15. The number of hydrogen-bond donors (Lipinski definition) is 1. The quantitative estimate of drug-likeness (QED) is 0.908. The molecule has 0 amide bonds. The smallest absolute Gasteiger partial charge is 0.376 e. The van der Waals surface area contributed by atoms with Gasteiger partial charge in [-0.1, -0.05) is 6.92 Å². The average molecular weight is 304 g/mol. The zero-order valence-corrected chi connectivity index (χ0v) is 11.8. The molecule has 2 unspecified atom stereocenters. The molecule has 21 heavy (non-hydrogen) atoms. The van der Waals surface area contributed by atoms with E-state index in [0.717, 1.165) is 18.7 Å². The second kappa shape index (κ2) is 7.20. The summed E-state index contributed by atoms with van der Waals surface area (Å²) in [5.41, 5.74) is -0.575. The molecule has 2 atom stereocenters. The number of nitrogens with zero attached hydrogens (tertiary/aromatic N) is 1. The van der Waals surface area contributed by atoms with E-state index in [1.54, 1.807) is 0 Å². The third-order valence-corrected chi connectivity index (χ3v) is 3.32. The van der Waals surface area contributed by atoms with Crippen molar-refractivity contribution in [2.24, 2.45) is 0 Å². The van der Waals surface area contributed by atoms with Gasteiger partial charge in [0.25, 0.3) is 0 Å². The van der Waals surface area contributed by atoms with Crippen molar-refractivity contribution in [3.8, 4) is 0 Å². The zero-order chi connectivity index (χ0) is 15.3. The summed E-state index contributed by atoms with van der Waals surface area (Å²) >= 11 is 0. The molecule has 1 aliphatic rings. The predicted octanol–water partition coefficient (Wildman–Crippen LogP) is 2.56. The molecule has 1 fully saturated rings. The number of ether oxygens (including phenoxy) is 2. The number of hydrogen-bond acceptors (Lipinski definition) is 4. The normalized spacial score (nSPS) is 21.2. The minimum atomic E-state index is -4.42. The van der Waals surface area contributed by atoms with Crippen molar-refractivity contribution in [3.63, 3.8) is 0 Å². The fourth-order valence-electron chi connectivity index (χ4n) is 2.35. The van der Waals surface area contributed by atoms with Gasteiger partial charge in [0, 0.05) is 18.0 Å². The third-order valence-electron chi connectivity index (χ3n) is 3.32. The lowest BCUT2D eigenvalue weighted by atomic mass is 9.97. The maximum absolute atomic E-state index is 13.2. The van der Waals surface area contributed by atoms with E-state index in [1.807, 2.05) is 6.92 Å². The predicted molar refractivity (Wildman–Crippen MR) is 70.8 cm³/mol. The van der Waals surface area contributed by atoms with Gasteiger partial charge in [-0.15, -0.1) is 0 Å². The molecule has 2 heterocycles. The Morgan fingerprint density at radius 3 is 2.86 bits per heavy atom. The van der Waals surface area contributed by atoms with Crippen LogP contribution in [0.1, 0.15) is 30.5 Å². The van der Waals surface area contributed by atoms with Crippen LogP contribution in [-0.4, -0.2) is 37.5 Å². The Hall–Kier alpha value is -1.18. The second-order valence-corrected chi connectivity index (χ2v) is 4.88. The Morgan fingerprint density at radius 2 is 2.24 bits per heavy atom. The van der Waals surface area contributed by atoms with E-state index in [9.17, 15) is 13.2 Å². The first-order valence-electron chi connectivity index (χ1n) is 6.98. The first kappa shape index (κ1) is 16.2. The lowest BCUT2D eigenvalue weighted by Gasteiger charge is -2.32. The van der Waals surface area contributed by atoms with Crippen LogP contribution in [0.25, 0.3) is 0 Å². The molecule has 1 N–H and O–H groups in total. The maximum atomic E-state index is 13.2. The highest BCUT2D eigenvalue weighted by Gasteiger charge is 2.38. The summed E-state index contributed by atoms with van der Waals surface area (Å²) in [6.45, 7) is 3.67. The Morgan fingerprint density at radius 1 is 1.43 bits per heavy atom. The van der Waals surface area contributed by atoms with Crippen LogP contribution in [0.2, 0.25) is 0 Å². The van der Waals surface area contributed by atoms with Crippen LogP contribution in [-0.2, 0) is 15.7 Å². The summed E-state index contributed by atoms with van der Waals surface area (Å²) < 4.78 is 50.4. The molecular formula is C14H19F3N2O2. The molecule has 1 aromatic rings. The van der Waals surface area contributed by atoms with Crippen molar-refractivity contribution >= 4 is 0 Å². The molecule has 1 aromatic heterocycles. The SMILES string of the molecule is CCCNC(c1cnccc1C(F)(F)F)C1COCCO1. The molecule has 2 rings (SSSR count). The lowest BCUT2D eigenvalue weighted by molar-refractivity contribution is -0.140. The molecule has 0 radical (unpaired) electrons. The van der Waals surface area contributed by atoms with Gasteiger partial charge >= 0.3 is 6.18 Å². The first-order chi connectivity index (χ1) is 10.0. The number of pyridine rings is 1. The maximum Gasteiger partial charge on any atom is 0.416 e. The largest absolute Gasteiger partial charge is 0.416 e. The molecule has 0 saturated carbocycles. The number of rotatable bonds is 5. The van der Waals surface area contributed by atoms with Crippen LogP contribution in [0.15, 0.2) is 18.5 Å². The van der Waals surface area contributed by atoms with E-state index in [-0.39, 0.29) is 12.2 Å². The van der Waals surface area contributed by atoms with Gasteiger partial charge in [0.15, 0.2) is 0 Å². The van der Waals surface area contributed by atoms with Crippen molar-refractivity contribution < 1.29 is 22.6 Å². The van der Waals surface area contributed by atoms with Gasteiger partial charge < -0.3 is 14.8 Å². The molecule has 0 spiro atoms. The summed E-state index contributed by atoms with van der Waals surface area (Å²) in [6, 6.07) is 0.412. The summed E-state index contributed by atoms with van der Waals surface area (Å²) in [5.74, 6) is 0. The van der Waals surface area contributed by atoms with E-state index < -0.39 is 23.9 Å². The van der Waals surface area contributed by atoms with Gasteiger partial charge in [-0.3, -0.25) is 4.98 Å². The van der Waals surface area contributed by atoms with Crippen LogP contribution in [0, 0.1) is 0 Å². The van der Waals surface area contributed by atoms with E-state index in [4.69, 9.17) is 9.47 Å². The zero-order valence-electron chi connectivity index (χ0n) is 11.8. The Bertz CT molecular complexity index is 448. The van der Waals surface area contributed by atoms with E-state index in [2.05, 4.69) is 10.3 Å². The topological polar surface area (TPSA) is 43.4 Å². The van der Waals surface area contributed by atoms with Gasteiger partial charge in [0.05, 0.1) is 31.4 Å². The molecular weight excluding hydrogens is 285 g/mol. The molecule has 0 aromatic carbocycles. The first-order valence-corrected chi connectivity index (χ1v) is 6.98. The Balaban J connectivity index is 2.31. The summed E-state index contributed by atoms with van der Waals surface area (Å²) in [7, 11) is 0. The van der Waals surface area contributed by atoms with Crippen molar-refractivity contribution in [1.29, 1.82) is 0 Å². The molecule has 4 nitrogen and oxygen atoms in total. The van der Waals surface area contributed by atoms with Crippen LogP contribution in [0.3, 0.4) is 0 Å². The molecule has 1 saturated heterocycles. The fourth-order valence-corrected chi connectivity index (χ4v) is 2.35. The number of alkyl halides is 3. The molecule has 0 aliphatic carbocycles. The minimum absolute atomic E-state index is 0.106. The average Bonchev–Trinajstić information content (AvgIpc) is 2.48. The molecule has 0 bridgehead atoms. The van der Waals surface area contributed by atoms with Crippen LogP contribution >= 0.6 is 0 Å². The van der Waals surface area contributed by atoms with Crippen molar-refractivity contribution in [1.82, 2.24) is 10.3 Å². The Kier molecular flexibility index (Phi) is 5.55. The lowest BCUT2D eigenvalue weighted by Crippen LogP contribution is -2.41. The highest BCUT2D eigenvalue weighted by Crippen LogP contribution is 2.35. The van der Waals surface area contributed by atoms with E-state index in [0.29, 0.717) is 19.8 Å². The van der Waals surface area contributed by atoms with Crippen molar-refractivity contribution in [2.75, 3.05) is 26.4 Å². The fraction of sp³-hybridized carbons (Fsp3) is 0.643. The standard InChI is InChI=1S/C14H19F3N2O2/c1-2-4-19-13(12-9-20-6-7-21-12)10-8-18-5-3-11(10)14(15,16)17/h3,5,8,12-13,19H,2,4,6-7,9H2,1H3. The summed E-state index contributed by atoms with van der Waals surface area (Å²) in [4.78, 5) is 3.85. The molecule has 1 aliphatic heterocycles. The van der Waals surface area contributed by atoms with Crippen LogP contribution < -0.4 is 5.32 Å². The highest BCUT2D eigenvalue weighted by molar-refractivity contribution is 5.30. The van der Waals surface area contributed by atoms with Gasteiger partial charge in [-0.2, -0.15) is 13.2 Å². The van der Waals surface area contributed by atoms with Crippen molar-refractivity contribution in [2.45, 2.75) is 31.7 Å². The van der Waals surface area contributed by atoms with E-state index >= 15 is 0 Å². The minimum Gasteiger partial charge on any atom is -0.376 e. The molecule has 118 valence electrons. The highest BCUT2D eigenvalue weighted by atomic mass is 19.4. The van der Waals surface area contributed by atoms with Crippen LogP contribution in [0.4, 0.5) is 13.2 Å². The second-order valence-electron chi connectivity index (χ2n) is 4.88. The monoisotopic (exact) mass is 304 g/mol. The number of aromatic nitrogens is 1. The number of nitrogens with one attached hydrogen (secondary N) is 1. The summed E-state index contributed by atoms with van der Waals surface area (Å²) in [6.07, 6.45) is -1.64. The van der Waals surface area contributed by atoms with Crippen molar-refractivity contribution in [3.05, 3.63) is 29.6 Å².